The summed E-state index contributed by atoms with van der Waals surface area (Å²) in [5.41, 5.74) is 1.41. The molecule has 1 fully saturated rings. The normalized spacial score (nSPS) is 24.4. The van der Waals surface area contributed by atoms with Crippen molar-refractivity contribution in [3.8, 4) is 0 Å². The molecule has 2 aliphatic heterocycles. The van der Waals surface area contributed by atoms with E-state index in [0.29, 0.717) is 30.2 Å². The minimum atomic E-state index is -0.426. The molecule has 1 aromatic carbocycles. The molecule has 0 radical (unpaired) electrons. The highest BCUT2D eigenvalue weighted by atomic mass is 16.6. The minimum absolute atomic E-state index is 0.00613. The number of hydrogen-bond acceptors (Lipinski definition) is 5. The number of anilines is 2. The Morgan fingerprint density at radius 3 is 2.95 bits per heavy atom. The Balaban J connectivity index is 1.98. The van der Waals surface area contributed by atoms with Crippen LogP contribution in [0.5, 0.6) is 0 Å². The quantitative estimate of drug-likeness (QED) is 0.647. The summed E-state index contributed by atoms with van der Waals surface area (Å²) >= 11 is 0. The number of amides is 1. The second-order valence-corrected chi connectivity index (χ2v) is 5.50. The van der Waals surface area contributed by atoms with E-state index in [9.17, 15) is 14.9 Å². The molecule has 7 heteroatoms. The molecule has 20 heavy (non-hydrogen) atoms. The number of ether oxygens (including phenoxy) is 1. The zero-order chi connectivity index (χ0) is 14.3. The maximum absolute atomic E-state index is 11.4. The van der Waals surface area contributed by atoms with Gasteiger partial charge in [-0.15, -0.1) is 0 Å². The molecule has 0 saturated carbocycles. The zero-order valence-corrected chi connectivity index (χ0v) is 11.1. The summed E-state index contributed by atoms with van der Waals surface area (Å²) in [4.78, 5) is 22.2. The molecule has 106 valence electrons. The number of carbonyl (C=O) groups excluding carboxylic acids is 1. The number of benzene rings is 1. The van der Waals surface area contributed by atoms with Gasteiger partial charge in [0.15, 0.2) is 0 Å². The molecule has 1 atom stereocenters. The van der Waals surface area contributed by atoms with E-state index in [-0.39, 0.29) is 23.6 Å². The molecule has 3 rings (SSSR count). The van der Waals surface area contributed by atoms with Crippen molar-refractivity contribution in [2.24, 2.45) is 0 Å². The summed E-state index contributed by atoms with van der Waals surface area (Å²) in [5.74, 6) is -0.137. The van der Waals surface area contributed by atoms with Crippen molar-refractivity contribution in [3.63, 3.8) is 0 Å². The molecule has 7 nitrogen and oxygen atoms in total. The Hall–Kier alpha value is -2.15. The number of hydrogen-bond donors (Lipinski definition) is 2. The van der Waals surface area contributed by atoms with Gasteiger partial charge < -0.3 is 15.4 Å². The molecule has 2 aliphatic rings. The van der Waals surface area contributed by atoms with E-state index < -0.39 is 4.92 Å². The zero-order valence-electron chi connectivity index (χ0n) is 11.1. The third kappa shape index (κ3) is 2.20. The Bertz CT molecular complexity index is 594. The molecule has 1 aromatic rings. The van der Waals surface area contributed by atoms with E-state index in [1.54, 1.807) is 6.07 Å². The van der Waals surface area contributed by atoms with Crippen molar-refractivity contribution < 1.29 is 14.5 Å². The third-order valence-corrected chi connectivity index (χ3v) is 3.70. The summed E-state index contributed by atoms with van der Waals surface area (Å²) in [6.45, 7) is 3.11. The highest BCUT2D eigenvalue weighted by molar-refractivity contribution is 6.00. The van der Waals surface area contributed by atoms with Gasteiger partial charge in [0.2, 0.25) is 5.91 Å². The molecular formula is C13H15N3O4. The lowest BCUT2D eigenvalue weighted by Gasteiger charge is -2.25. The Morgan fingerprint density at radius 2 is 2.30 bits per heavy atom. The minimum Gasteiger partial charge on any atom is -0.379 e. The van der Waals surface area contributed by atoms with Gasteiger partial charge in [-0.1, -0.05) is 0 Å². The summed E-state index contributed by atoms with van der Waals surface area (Å²) in [6.07, 6.45) is 0.977. The number of nitrogens with zero attached hydrogens (tertiary/aromatic N) is 1. The molecule has 0 bridgehead atoms. The smallest absolute Gasteiger partial charge is 0.292 e. The van der Waals surface area contributed by atoms with Crippen LogP contribution in [-0.2, 0) is 16.0 Å². The van der Waals surface area contributed by atoms with Crippen LogP contribution in [0, 0.1) is 10.1 Å². The lowest BCUT2D eigenvalue weighted by molar-refractivity contribution is -0.384. The lowest BCUT2D eigenvalue weighted by atomic mass is 10.0. The van der Waals surface area contributed by atoms with E-state index >= 15 is 0 Å². The fourth-order valence-electron chi connectivity index (χ4n) is 2.60. The second-order valence-electron chi connectivity index (χ2n) is 5.50. The fourth-order valence-corrected chi connectivity index (χ4v) is 2.60. The van der Waals surface area contributed by atoms with Gasteiger partial charge >= 0.3 is 0 Å². The molecule has 1 saturated heterocycles. The van der Waals surface area contributed by atoms with Gasteiger partial charge in [0.1, 0.15) is 5.69 Å². The van der Waals surface area contributed by atoms with Crippen LogP contribution in [0.25, 0.3) is 0 Å². The van der Waals surface area contributed by atoms with Crippen LogP contribution in [0.15, 0.2) is 12.1 Å². The first-order valence-corrected chi connectivity index (χ1v) is 6.44. The van der Waals surface area contributed by atoms with Crippen LogP contribution in [0.1, 0.15) is 18.9 Å². The number of nitro groups is 1. The molecule has 0 aliphatic carbocycles. The first-order valence-electron chi connectivity index (χ1n) is 6.44. The van der Waals surface area contributed by atoms with Crippen LogP contribution < -0.4 is 10.6 Å². The van der Waals surface area contributed by atoms with Crippen molar-refractivity contribution in [2.75, 3.05) is 23.8 Å². The first kappa shape index (κ1) is 12.9. The van der Waals surface area contributed by atoms with Crippen molar-refractivity contribution >= 4 is 23.0 Å². The topological polar surface area (TPSA) is 93.5 Å². The number of nitrogens with one attached hydrogen (secondary N) is 2. The number of carbonyl (C=O) groups is 1. The van der Waals surface area contributed by atoms with E-state index in [4.69, 9.17) is 4.74 Å². The number of rotatable bonds is 3. The molecular weight excluding hydrogens is 262 g/mol. The Morgan fingerprint density at radius 1 is 1.50 bits per heavy atom. The van der Waals surface area contributed by atoms with Gasteiger partial charge in [-0.05, 0) is 25.0 Å². The molecule has 0 aromatic heterocycles. The SMILES string of the molecule is CC1(Nc2cc3c(cc2[N+](=O)[O-])CC(=O)N3)CCOC1. The van der Waals surface area contributed by atoms with Crippen LogP contribution in [0.4, 0.5) is 17.1 Å². The van der Waals surface area contributed by atoms with Gasteiger partial charge in [-0.3, -0.25) is 14.9 Å². The van der Waals surface area contributed by atoms with Gasteiger partial charge in [0, 0.05) is 18.4 Å². The van der Waals surface area contributed by atoms with Crippen molar-refractivity contribution in [1.82, 2.24) is 0 Å². The first-order chi connectivity index (χ1) is 9.47. The number of fused-ring (bicyclic) bond motifs is 1. The van der Waals surface area contributed by atoms with Crippen LogP contribution in [0.2, 0.25) is 0 Å². The van der Waals surface area contributed by atoms with Crippen LogP contribution >= 0.6 is 0 Å². The summed E-state index contributed by atoms with van der Waals surface area (Å²) in [5, 5.41) is 17.1. The van der Waals surface area contributed by atoms with Crippen LogP contribution in [-0.4, -0.2) is 29.6 Å². The number of nitro benzene ring substituents is 1. The molecule has 1 unspecified atom stereocenters. The predicted molar refractivity (Wildman–Crippen MR) is 72.9 cm³/mol. The highest BCUT2D eigenvalue weighted by Gasteiger charge is 2.33. The summed E-state index contributed by atoms with van der Waals surface area (Å²) < 4.78 is 5.34. The second kappa shape index (κ2) is 4.45. The summed E-state index contributed by atoms with van der Waals surface area (Å²) in [6, 6.07) is 3.11. The fraction of sp³-hybridized carbons (Fsp3) is 0.462. The monoisotopic (exact) mass is 277 g/mol. The van der Waals surface area contributed by atoms with Crippen LogP contribution in [0.3, 0.4) is 0 Å². The largest absolute Gasteiger partial charge is 0.379 e. The lowest BCUT2D eigenvalue weighted by Crippen LogP contribution is -2.35. The van der Waals surface area contributed by atoms with Crippen molar-refractivity contribution in [1.29, 1.82) is 0 Å². The summed E-state index contributed by atoms with van der Waals surface area (Å²) in [7, 11) is 0. The average Bonchev–Trinajstić information content (AvgIpc) is 2.93. The van der Waals surface area contributed by atoms with Crippen molar-refractivity contribution in [3.05, 3.63) is 27.8 Å². The van der Waals surface area contributed by atoms with E-state index in [1.165, 1.54) is 6.07 Å². The highest BCUT2D eigenvalue weighted by Crippen LogP contribution is 2.37. The Labute approximate surface area is 115 Å². The average molecular weight is 277 g/mol. The van der Waals surface area contributed by atoms with Crippen molar-refractivity contribution in [2.45, 2.75) is 25.3 Å². The molecule has 2 N–H and O–H groups in total. The third-order valence-electron chi connectivity index (χ3n) is 3.70. The standard InChI is InChI=1S/C13H15N3O4/c1-13(2-3-20-7-13)15-10-6-9-8(5-12(17)14-9)4-11(10)16(18)19/h4,6,15H,2-3,5,7H2,1H3,(H,14,17). The maximum Gasteiger partial charge on any atom is 0.292 e. The van der Waals surface area contributed by atoms with E-state index in [0.717, 1.165) is 6.42 Å². The molecule has 1 amide bonds. The molecule has 0 spiro atoms. The van der Waals surface area contributed by atoms with E-state index in [2.05, 4.69) is 10.6 Å². The van der Waals surface area contributed by atoms with E-state index in [1.807, 2.05) is 6.92 Å². The van der Waals surface area contributed by atoms with Gasteiger partial charge in [0.05, 0.1) is 23.5 Å². The maximum atomic E-state index is 11.4. The van der Waals surface area contributed by atoms with Gasteiger partial charge in [-0.2, -0.15) is 0 Å². The molecule has 2 heterocycles. The van der Waals surface area contributed by atoms with Gasteiger partial charge in [-0.25, -0.2) is 0 Å². The van der Waals surface area contributed by atoms with Gasteiger partial charge in [0.25, 0.3) is 5.69 Å². The predicted octanol–water partition coefficient (Wildman–Crippen LogP) is 1.68. The Kier molecular flexibility index (Phi) is 2.86.